The molecule has 0 radical (unpaired) electrons. The normalized spacial score (nSPS) is 17.5. The maximum absolute atomic E-state index is 12.4. The van der Waals surface area contributed by atoms with Gasteiger partial charge in [0.05, 0.1) is 22.9 Å². The minimum absolute atomic E-state index is 0.0143. The fraction of sp³-hybridized carbons (Fsp3) is 0.318. The Kier molecular flexibility index (Phi) is 6.15. The Labute approximate surface area is 186 Å². The quantitative estimate of drug-likeness (QED) is 0.573. The van der Waals surface area contributed by atoms with E-state index in [4.69, 9.17) is 0 Å². The maximum Gasteiger partial charge on any atom is 0.230 e. The molecular weight excluding hydrogens is 432 g/mol. The highest BCUT2D eigenvalue weighted by Crippen LogP contribution is 2.28. The lowest BCUT2D eigenvalue weighted by molar-refractivity contribution is -0.119. The van der Waals surface area contributed by atoms with Crippen molar-refractivity contribution in [1.29, 1.82) is 0 Å². The number of hydrogen-bond acceptors (Lipinski definition) is 6. The van der Waals surface area contributed by atoms with E-state index < -0.39 is 9.84 Å². The molecule has 162 valence electrons. The second kappa shape index (κ2) is 8.84. The average Bonchev–Trinajstić information content (AvgIpc) is 3.32. The number of aromatic nitrogens is 3. The standard InChI is InChI=1S/C22H24N4O3S2/c1-15-8-9-19(12-16(15)2)26-21(17-6-4-3-5-7-17)24-25-22(26)30-13-20(27)23-18-10-11-31(28,29)14-18/h3-9,12,18H,10-11,13-14H2,1-2H3,(H,23,27). The van der Waals surface area contributed by atoms with Gasteiger partial charge in [-0.15, -0.1) is 10.2 Å². The first-order valence-corrected chi connectivity index (χ1v) is 12.8. The number of aryl methyl sites for hydroxylation is 2. The molecule has 1 atom stereocenters. The van der Waals surface area contributed by atoms with E-state index in [1.54, 1.807) is 0 Å². The van der Waals surface area contributed by atoms with Crippen LogP contribution in [0.4, 0.5) is 0 Å². The number of rotatable bonds is 6. The molecule has 0 spiro atoms. The summed E-state index contributed by atoms with van der Waals surface area (Å²) in [5.41, 5.74) is 4.21. The second-order valence-corrected chi connectivity index (χ2v) is 10.9. The molecule has 0 saturated carbocycles. The summed E-state index contributed by atoms with van der Waals surface area (Å²) in [5, 5.41) is 12.2. The first kappa shape index (κ1) is 21.6. The van der Waals surface area contributed by atoms with E-state index in [0.717, 1.165) is 16.8 Å². The van der Waals surface area contributed by atoms with Crippen LogP contribution in [0.25, 0.3) is 17.1 Å². The van der Waals surface area contributed by atoms with Gasteiger partial charge in [-0.3, -0.25) is 9.36 Å². The lowest BCUT2D eigenvalue weighted by Crippen LogP contribution is -2.36. The van der Waals surface area contributed by atoms with Crippen LogP contribution in [0.1, 0.15) is 17.5 Å². The molecule has 4 rings (SSSR count). The largest absolute Gasteiger partial charge is 0.352 e. The molecule has 1 N–H and O–H groups in total. The van der Waals surface area contributed by atoms with Crippen LogP contribution in [0.5, 0.6) is 0 Å². The number of nitrogens with one attached hydrogen (secondary N) is 1. The zero-order valence-corrected chi connectivity index (χ0v) is 19.0. The smallest absolute Gasteiger partial charge is 0.230 e. The first-order chi connectivity index (χ1) is 14.8. The third-order valence-electron chi connectivity index (χ3n) is 5.34. The summed E-state index contributed by atoms with van der Waals surface area (Å²) in [6.45, 7) is 4.12. The van der Waals surface area contributed by atoms with E-state index in [0.29, 0.717) is 17.4 Å². The van der Waals surface area contributed by atoms with Crippen molar-refractivity contribution in [3.63, 3.8) is 0 Å². The predicted molar refractivity (Wildman–Crippen MR) is 122 cm³/mol. The number of nitrogens with zero attached hydrogens (tertiary/aromatic N) is 3. The SMILES string of the molecule is Cc1ccc(-n2c(SCC(=O)NC3CCS(=O)(=O)C3)nnc2-c2ccccc2)cc1C. The number of amides is 1. The van der Waals surface area contributed by atoms with Crippen LogP contribution in [0.2, 0.25) is 0 Å². The third kappa shape index (κ3) is 4.99. The highest BCUT2D eigenvalue weighted by Gasteiger charge is 2.29. The zero-order valence-electron chi connectivity index (χ0n) is 17.4. The van der Waals surface area contributed by atoms with Crippen molar-refractivity contribution >= 4 is 27.5 Å². The van der Waals surface area contributed by atoms with Crippen molar-refractivity contribution in [1.82, 2.24) is 20.1 Å². The van der Waals surface area contributed by atoms with E-state index in [1.165, 1.54) is 17.3 Å². The minimum Gasteiger partial charge on any atom is -0.352 e. The van der Waals surface area contributed by atoms with Crippen molar-refractivity contribution in [2.24, 2.45) is 0 Å². The Morgan fingerprint density at radius 1 is 1.13 bits per heavy atom. The van der Waals surface area contributed by atoms with Gasteiger partial charge in [0, 0.05) is 11.6 Å². The Balaban J connectivity index is 1.58. The summed E-state index contributed by atoms with van der Waals surface area (Å²) in [7, 11) is -3.03. The van der Waals surface area contributed by atoms with Gasteiger partial charge in [-0.2, -0.15) is 0 Å². The highest BCUT2D eigenvalue weighted by atomic mass is 32.2. The lowest BCUT2D eigenvalue weighted by Gasteiger charge is -2.13. The molecule has 2 heterocycles. The van der Waals surface area contributed by atoms with E-state index in [1.807, 2.05) is 41.0 Å². The van der Waals surface area contributed by atoms with Gasteiger partial charge in [-0.05, 0) is 43.5 Å². The van der Waals surface area contributed by atoms with Crippen LogP contribution >= 0.6 is 11.8 Å². The minimum atomic E-state index is -3.03. The first-order valence-electron chi connectivity index (χ1n) is 10.0. The summed E-state index contributed by atoms with van der Waals surface area (Å²) in [6, 6.07) is 15.6. The molecule has 9 heteroatoms. The Morgan fingerprint density at radius 3 is 2.58 bits per heavy atom. The molecule has 7 nitrogen and oxygen atoms in total. The van der Waals surface area contributed by atoms with Crippen molar-refractivity contribution in [3.05, 3.63) is 59.7 Å². The molecular formula is C22H24N4O3S2. The van der Waals surface area contributed by atoms with Crippen LogP contribution in [0.3, 0.4) is 0 Å². The molecule has 0 aliphatic carbocycles. The summed E-state index contributed by atoms with van der Waals surface area (Å²) in [6.07, 6.45) is 0.468. The summed E-state index contributed by atoms with van der Waals surface area (Å²) < 4.78 is 25.2. The molecule has 1 aliphatic heterocycles. The molecule has 0 bridgehead atoms. The van der Waals surface area contributed by atoms with Crippen molar-refractivity contribution in [2.75, 3.05) is 17.3 Å². The van der Waals surface area contributed by atoms with Crippen molar-refractivity contribution in [3.8, 4) is 17.1 Å². The fourth-order valence-corrected chi connectivity index (χ4v) is 5.98. The lowest BCUT2D eigenvalue weighted by atomic mass is 10.1. The maximum atomic E-state index is 12.4. The molecule has 31 heavy (non-hydrogen) atoms. The number of sulfone groups is 1. The number of carbonyl (C=O) groups is 1. The summed E-state index contributed by atoms with van der Waals surface area (Å²) in [4.78, 5) is 12.4. The molecule has 1 saturated heterocycles. The molecule has 1 unspecified atom stereocenters. The van der Waals surface area contributed by atoms with Crippen LogP contribution in [-0.2, 0) is 14.6 Å². The van der Waals surface area contributed by atoms with Crippen LogP contribution in [0, 0.1) is 13.8 Å². The Bertz CT molecular complexity index is 1210. The fourth-order valence-electron chi connectivity index (χ4n) is 3.54. The van der Waals surface area contributed by atoms with Crippen LogP contribution in [0.15, 0.2) is 53.7 Å². The van der Waals surface area contributed by atoms with Crippen molar-refractivity contribution < 1.29 is 13.2 Å². The van der Waals surface area contributed by atoms with Gasteiger partial charge in [0.15, 0.2) is 20.8 Å². The number of hydrogen-bond donors (Lipinski definition) is 1. The third-order valence-corrected chi connectivity index (χ3v) is 8.04. The van der Waals surface area contributed by atoms with Gasteiger partial charge in [-0.25, -0.2) is 8.42 Å². The molecule has 1 aliphatic rings. The van der Waals surface area contributed by atoms with Crippen molar-refractivity contribution in [2.45, 2.75) is 31.5 Å². The molecule has 2 aromatic carbocycles. The number of thioether (sulfide) groups is 1. The van der Waals surface area contributed by atoms with Gasteiger partial charge < -0.3 is 5.32 Å². The second-order valence-electron chi connectivity index (χ2n) is 7.73. The Morgan fingerprint density at radius 2 is 1.90 bits per heavy atom. The molecule has 1 aromatic heterocycles. The van der Waals surface area contributed by atoms with Gasteiger partial charge in [0.1, 0.15) is 0 Å². The summed E-state index contributed by atoms with van der Waals surface area (Å²) in [5.74, 6) is 0.776. The number of carbonyl (C=O) groups excluding carboxylic acids is 1. The van der Waals surface area contributed by atoms with Crippen LogP contribution < -0.4 is 5.32 Å². The van der Waals surface area contributed by atoms with E-state index >= 15 is 0 Å². The van der Waals surface area contributed by atoms with E-state index in [9.17, 15) is 13.2 Å². The monoisotopic (exact) mass is 456 g/mol. The highest BCUT2D eigenvalue weighted by molar-refractivity contribution is 7.99. The summed E-state index contributed by atoms with van der Waals surface area (Å²) >= 11 is 1.29. The van der Waals surface area contributed by atoms with Gasteiger partial charge in [0.2, 0.25) is 5.91 Å². The Hall–Kier alpha value is -2.65. The number of benzene rings is 2. The molecule has 1 fully saturated rings. The predicted octanol–water partition coefficient (Wildman–Crippen LogP) is 2.95. The average molecular weight is 457 g/mol. The topological polar surface area (TPSA) is 94.0 Å². The van der Waals surface area contributed by atoms with E-state index in [-0.39, 0.29) is 29.2 Å². The van der Waals surface area contributed by atoms with Gasteiger partial charge in [-0.1, -0.05) is 48.2 Å². The molecule has 1 amide bonds. The van der Waals surface area contributed by atoms with Gasteiger partial charge >= 0.3 is 0 Å². The van der Waals surface area contributed by atoms with Crippen LogP contribution in [-0.4, -0.2) is 52.4 Å². The van der Waals surface area contributed by atoms with Gasteiger partial charge in [0.25, 0.3) is 0 Å². The van der Waals surface area contributed by atoms with E-state index in [2.05, 4.69) is 41.5 Å². The zero-order chi connectivity index (χ0) is 22.0. The molecule has 3 aromatic rings.